The van der Waals surface area contributed by atoms with Crippen molar-refractivity contribution in [3.8, 4) is 0 Å². The Morgan fingerprint density at radius 3 is 1.80 bits per heavy atom. The van der Waals surface area contributed by atoms with E-state index in [4.69, 9.17) is 4.74 Å². The number of aromatic nitrogens is 4. The van der Waals surface area contributed by atoms with Gasteiger partial charge in [0, 0.05) is 11.0 Å². The number of carbonyl (C=O) groups is 1. The molecular formula is C24H20N4O2. The fourth-order valence-electron chi connectivity index (χ4n) is 3.50. The lowest BCUT2D eigenvalue weighted by Crippen LogP contribution is -2.06. The molecule has 2 N–H and O–H groups in total. The second kappa shape index (κ2) is 7.48. The van der Waals surface area contributed by atoms with Crippen molar-refractivity contribution < 1.29 is 9.53 Å². The molecule has 0 atom stereocenters. The minimum Gasteiger partial charge on any atom is -0.462 e. The van der Waals surface area contributed by atoms with Gasteiger partial charge in [0.15, 0.2) is 0 Å². The Morgan fingerprint density at radius 2 is 1.30 bits per heavy atom. The Hall–Kier alpha value is -3.93. The SMILES string of the molecule is CCCOC(=O)c1c2ccc(cc3nc(cc4nc(cc5ccc1[nH]5)C=C4)C=C3)[nH]2. The van der Waals surface area contributed by atoms with Crippen LogP contribution in [0.3, 0.4) is 0 Å². The quantitative estimate of drug-likeness (QED) is 0.409. The van der Waals surface area contributed by atoms with E-state index in [9.17, 15) is 4.79 Å². The molecule has 0 spiro atoms. The lowest BCUT2D eigenvalue weighted by Gasteiger charge is -2.03. The standard InChI is InChI=1S/C24H20N4O2/c1-2-11-30-24(29)23-21-9-7-19(27-21)13-17-5-3-15(25-17)12-16-4-6-18(26-16)14-20-8-10-22(23)28-20/h3-10,12-14,27-28H,2,11H2,1H3. The first-order chi connectivity index (χ1) is 14.7. The average Bonchev–Trinajstić information content (AvgIpc) is 3.51. The molecule has 3 aromatic rings. The van der Waals surface area contributed by atoms with E-state index in [1.807, 2.05) is 73.7 Å². The average molecular weight is 396 g/mol. The van der Waals surface area contributed by atoms with Gasteiger partial charge in [-0.3, -0.25) is 0 Å². The highest BCUT2D eigenvalue weighted by Gasteiger charge is 2.14. The third-order valence-electron chi connectivity index (χ3n) is 4.87. The summed E-state index contributed by atoms with van der Waals surface area (Å²) in [4.78, 5) is 28.7. The lowest BCUT2D eigenvalue weighted by molar-refractivity contribution is 0.0509. The van der Waals surface area contributed by atoms with Gasteiger partial charge in [-0.25, -0.2) is 14.8 Å². The van der Waals surface area contributed by atoms with Gasteiger partial charge in [-0.15, -0.1) is 0 Å². The maximum absolute atomic E-state index is 12.9. The monoisotopic (exact) mass is 396 g/mol. The van der Waals surface area contributed by atoms with Crippen LogP contribution in [-0.2, 0) is 4.74 Å². The predicted octanol–water partition coefficient (Wildman–Crippen LogP) is 5.22. The van der Waals surface area contributed by atoms with Gasteiger partial charge in [0.1, 0.15) is 5.56 Å². The van der Waals surface area contributed by atoms with E-state index >= 15 is 0 Å². The molecule has 2 aliphatic heterocycles. The number of esters is 1. The largest absolute Gasteiger partial charge is 0.462 e. The Morgan fingerprint density at radius 1 is 0.800 bits per heavy atom. The molecule has 0 saturated heterocycles. The smallest absolute Gasteiger partial charge is 0.342 e. The number of H-pyrrole nitrogens is 2. The Bertz CT molecular complexity index is 1270. The van der Waals surface area contributed by atoms with Crippen LogP contribution in [-0.4, -0.2) is 32.5 Å². The van der Waals surface area contributed by atoms with Crippen molar-refractivity contribution in [3.05, 3.63) is 70.8 Å². The molecule has 5 heterocycles. The molecule has 0 radical (unpaired) electrons. The van der Waals surface area contributed by atoms with Crippen LogP contribution in [0, 0.1) is 0 Å². The van der Waals surface area contributed by atoms with Crippen LogP contribution in [0.15, 0.2) is 42.5 Å². The summed E-state index contributed by atoms with van der Waals surface area (Å²) in [6.07, 6.45) is 8.60. The van der Waals surface area contributed by atoms with Gasteiger partial charge in [0.05, 0.1) is 40.4 Å². The van der Waals surface area contributed by atoms with Gasteiger partial charge >= 0.3 is 5.97 Å². The van der Waals surface area contributed by atoms with Crippen LogP contribution in [0.5, 0.6) is 0 Å². The highest BCUT2D eigenvalue weighted by Crippen LogP contribution is 2.20. The van der Waals surface area contributed by atoms with Crippen LogP contribution in [0.2, 0.25) is 0 Å². The first kappa shape index (κ1) is 18.1. The zero-order valence-electron chi connectivity index (χ0n) is 16.5. The van der Waals surface area contributed by atoms with Crippen molar-refractivity contribution in [3.63, 3.8) is 0 Å². The minimum atomic E-state index is -0.364. The molecule has 5 rings (SSSR count). The Balaban J connectivity index is 1.81. The summed E-state index contributed by atoms with van der Waals surface area (Å²) in [6.45, 7) is 2.35. The van der Waals surface area contributed by atoms with Crippen molar-refractivity contribution in [1.82, 2.24) is 19.9 Å². The van der Waals surface area contributed by atoms with Crippen molar-refractivity contribution in [2.24, 2.45) is 0 Å². The van der Waals surface area contributed by atoms with E-state index in [-0.39, 0.29) is 5.97 Å². The van der Waals surface area contributed by atoms with Gasteiger partial charge in [-0.05, 0) is 73.2 Å². The summed E-state index contributed by atoms with van der Waals surface area (Å²) in [7, 11) is 0. The summed E-state index contributed by atoms with van der Waals surface area (Å²) in [6, 6.07) is 13.5. The summed E-state index contributed by atoms with van der Waals surface area (Å²) in [5.74, 6) is -0.364. The third kappa shape index (κ3) is 3.55. The molecule has 0 saturated carbocycles. The number of hydrogen-bond donors (Lipinski definition) is 2. The third-order valence-corrected chi connectivity index (χ3v) is 4.87. The first-order valence-electron chi connectivity index (χ1n) is 9.92. The molecule has 6 heteroatoms. The van der Waals surface area contributed by atoms with Crippen LogP contribution >= 0.6 is 0 Å². The van der Waals surface area contributed by atoms with E-state index in [1.54, 1.807) is 0 Å². The van der Waals surface area contributed by atoms with E-state index in [0.717, 1.165) is 40.2 Å². The molecule has 0 fully saturated rings. The molecule has 3 aromatic heterocycles. The Kier molecular flexibility index (Phi) is 4.52. The molecule has 8 bridgehead atoms. The number of nitrogens with one attached hydrogen (secondary N) is 2. The number of carbonyl (C=O) groups excluding carboxylic acids is 1. The minimum absolute atomic E-state index is 0.364. The highest BCUT2D eigenvalue weighted by molar-refractivity contribution is 6.04. The van der Waals surface area contributed by atoms with Crippen LogP contribution in [0.4, 0.5) is 0 Å². The second-order valence-electron chi connectivity index (χ2n) is 7.19. The fraction of sp³-hybridized carbons (Fsp3) is 0.125. The number of rotatable bonds is 3. The van der Waals surface area contributed by atoms with Gasteiger partial charge in [0.25, 0.3) is 0 Å². The summed E-state index contributed by atoms with van der Waals surface area (Å²) < 4.78 is 5.45. The first-order valence-corrected chi connectivity index (χ1v) is 9.92. The van der Waals surface area contributed by atoms with Gasteiger partial charge < -0.3 is 14.7 Å². The van der Waals surface area contributed by atoms with E-state index in [0.29, 0.717) is 23.2 Å². The zero-order valence-corrected chi connectivity index (χ0v) is 16.5. The molecule has 6 nitrogen and oxygen atoms in total. The topological polar surface area (TPSA) is 83.7 Å². The molecule has 0 amide bonds. The van der Waals surface area contributed by atoms with Crippen molar-refractivity contribution in [2.45, 2.75) is 13.3 Å². The lowest BCUT2D eigenvalue weighted by atomic mass is 10.2. The molecule has 2 aliphatic rings. The van der Waals surface area contributed by atoms with Crippen molar-refractivity contribution >= 4 is 52.3 Å². The van der Waals surface area contributed by atoms with Gasteiger partial charge in [0.2, 0.25) is 0 Å². The molecule has 148 valence electrons. The van der Waals surface area contributed by atoms with Gasteiger partial charge in [-0.1, -0.05) is 6.92 Å². The highest BCUT2D eigenvalue weighted by atomic mass is 16.5. The summed E-state index contributed by atoms with van der Waals surface area (Å²) in [5, 5.41) is 0. The zero-order chi connectivity index (χ0) is 20.5. The van der Waals surface area contributed by atoms with E-state index in [2.05, 4.69) is 19.9 Å². The number of fused-ring (bicyclic) bond motifs is 8. The van der Waals surface area contributed by atoms with Crippen LogP contribution in [0.25, 0.3) is 46.4 Å². The number of ether oxygens (including phenoxy) is 1. The second-order valence-corrected chi connectivity index (χ2v) is 7.19. The molecule has 0 aliphatic carbocycles. The normalized spacial score (nSPS) is 12.3. The Labute approximate surface area is 173 Å². The predicted molar refractivity (Wildman–Crippen MR) is 119 cm³/mol. The number of aromatic amines is 2. The number of nitrogens with zero attached hydrogens (tertiary/aromatic N) is 2. The molecule has 0 unspecified atom stereocenters. The van der Waals surface area contributed by atoms with Crippen LogP contribution < -0.4 is 0 Å². The van der Waals surface area contributed by atoms with Crippen molar-refractivity contribution in [1.29, 1.82) is 0 Å². The fourth-order valence-corrected chi connectivity index (χ4v) is 3.50. The van der Waals surface area contributed by atoms with E-state index < -0.39 is 0 Å². The van der Waals surface area contributed by atoms with Gasteiger partial charge in [-0.2, -0.15) is 0 Å². The molecule has 0 aromatic carbocycles. The number of hydrogen-bond acceptors (Lipinski definition) is 4. The maximum Gasteiger partial charge on any atom is 0.342 e. The molecule has 30 heavy (non-hydrogen) atoms. The summed E-state index contributed by atoms with van der Waals surface area (Å²) >= 11 is 0. The van der Waals surface area contributed by atoms with Crippen LogP contribution in [0.1, 0.15) is 46.5 Å². The maximum atomic E-state index is 12.9. The van der Waals surface area contributed by atoms with E-state index in [1.165, 1.54) is 0 Å². The van der Waals surface area contributed by atoms with Crippen molar-refractivity contribution in [2.75, 3.05) is 6.61 Å². The summed E-state index contributed by atoms with van der Waals surface area (Å²) in [5.41, 5.74) is 6.92. The molecular weight excluding hydrogens is 376 g/mol.